The molecule has 1 amide bonds. The van der Waals surface area contributed by atoms with Gasteiger partial charge in [0.25, 0.3) is 11.7 Å². The van der Waals surface area contributed by atoms with Crippen LogP contribution in [0.3, 0.4) is 0 Å². The number of hydrogen-bond donors (Lipinski definition) is 1. The van der Waals surface area contributed by atoms with E-state index >= 15 is 0 Å². The van der Waals surface area contributed by atoms with Crippen molar-refractivity contribution in [2.75, 3.05) is 19.0 Å². The van der Waals surface area contributed by atoms with Gasteiger partial charge in [0, 0.05) is 25.3 Å². The highest BCUT2D eigenvalue weighted by Gasteiger charge is 2.46. The summed E-state index contributed by atoms with van der Waals surface area (Å²) in [6.45, 7) is 2.18. The van der Waals surface area contributed by atoms with Crippen molar-refractivity contribution in [3.05, 3.63) is 95.0 Å². The molecule has 0 bridgehead atoms. The maximum atomic E-state index is 13.1. The lowest BCUT2D eigenvalue weighted by Gasteiger charge is -2.25. The number of aryl methyl sites for hydroxylation is 1. The normalized spacial score (nSPS) is 17.7. The quantitative estimate of drug-likeness (QED) is 0.353. The molecule has 2 heterocycles. The molecule has 1 unspecified atom stereocenters. The number of carbonyl (C=O) groups is 2. The van der Waals surface area contributed by atoms with Crippen LogP contribution in [0.1, 0.15) is 35.4 Å². The average molecular weight is 431 g/mol. The Balaban J connectivity index is 1.83. The van der Waals surface area contributed by atoms with E-state index in [0.29, 0.717) is 11.3 Å². The zero-order valence-electron chi connectivity index (χ0n) is 18.4. The van der Waals surface area contributed by atoms with Crippen molar-refractivity contribution >= 4 is 23.1 Å². The smallest absolute Gasteiger partial charge is 0.296 e. The number of carbonyl (C=O) groups excluding carboxylic acids is 2. The van der Waals surface area contributed by atoms with Crippen LogP contribution >= 0.6 is 0 Å². The van der Waals surface area contributed by atoms with Crippen molar-refractivity contribution in [2.24, 2.45) is 0 Å². The molecule has 1 atom stereocenters. The Hall–Kier alpha value is -3.80. The monoisotopic (exact) mass is 430 g/mol. The summed E-state index contributed by atoms with van der Waals surface area (Å²) in [4.78, 5) is 29.5. The molecule has 6 heteroatoms. The van der Waals surface area contributed by atoms with Gasteiger partial charge < -0.3 is 19.3 Å². The molecular weight excluding hydrogens is 404 g/mol. The van der Waals surface area contributed by atoms with Gasteiger partial charge >= 0.3 is 0 Å². The first-order chi connectivity index (χ1) is 15.4. The number of benzene rings is 2. The fraction of sp³-hybridized carbons (Fsp3) is 0.231. The van der Waals surface area contributed by atoms with Gasteiger partial charge in [0.05, 0.1) is 24.4 Å². The fourth-order valence-electron chi connectivity index (χ4n) is 3.97. The summed E-state index contributed by atoms with van der Waals surface area (Å²) in [6, 6.07) is 17.8. The zero-order chi connectivity index (χ0) is 22.8. The van der Waals surface area contributed by atoms with E-state index < -0.39 is 17.7 Å². The lowest BCUT2D eigenvalue weighted by molar-refractivity contribution is -0.140. The number of aliphatic hydroxyl groups excluding tert-OH is 1. The Kier molecular flexibility index (Phi) is 5.86. The van der Waals surface area contributed by atoms with E-state index in [4.69, 9.17) is 4.42 Å². The SMILES string of the molecule is CCc1ccc(/C(O)=C2/C(=O)C(=O)N(Cc3ccco3)C2c2ccc(N(C)C)cc2)cc1. The van der Waals surface area contributed by atoms with Crippen LogP contribution in [0.2, 0.25) is 0 Å². The van der Waals surface area contributed by atoms with E-state index in [0.717, 1.165) is 23.2 Å². The number of anilines is 1. The van der Waals surface area contributed by atoms with Crippen LogP contribution in [0, 0.1) is 0 Å². The molecule has 6 nitrogen and oxygen atoms in total. The standard InChI is InChI=1S/C26H26N2O4/c1-4-17-7-9-19(10-8-17)24(29)22-23(18-11-13-20(14-12-18)27(2)3)28(26(31)25(22)30)16-21-6-5-15-32-21/h5-15,23,29H,4,16H2,1-3H3/b24-22-. The minimum atomic E-state index is -0.720. The van der Waals surface area contributed by atoms with Crippen molar-refractivity contribution in [3.8, 4) is 0 Å². The highest BCUT2D eigenvalue weighted by Crippen LogP contribution is 2.40. The van der Waals surface area contributed by atoms with Gasteiger partial charge in [0.2, 0.25) is 0 Å². The summed E-state index contributed by atoms with van der Waals surface area (Å²) in [6.07, 6.45) is 2.40. The van der Waals surface area contributed by atoms with E-state index in [-0.39, 0.29) is 17.9 Å². The van der Waals surface area contributed by atoms with Gasteiger partial charge in [-0.2, -0.15) is 0 Å². The number of amides is 1. The lowest BCUT2D eigenvalue weighted by atomic mass is 9.94. The largest absolute Gasteiger partial charge is 0.507 e. The maximum absolute atomic E-state index is 13.1. The van der Waals surface area contributed by atoms with Gasteiger partial charge in [-0.15, -0.1) is 0 Å². The van der Waals surface area contributed by atoms with Crippen LogP contribution in [0.5, 0.6) is 0 Å². The number of aliphatic hydroxyl groups is 1. The summed E-state index contributed by atoms with van der Waals surface area (Å²) >= 11 is 0. The molecule has 2 aromatic carbocycles. The summed E-state index contributed by atoms with van der Waals surface area (Å²) < 4.78 is 5.43. The first-order valence-corrected chi connectivity index (χ1v) is 10.6. The van der Waals surface area contributed by atoms with E-state index in [1.807, 2.05) is 62.3 Å². The van der Waals surface area contributed by atoms with Crippen molar-refractivity contribution in [3.63, 3.8) is 0 Å². The van der Waals surface area contributed by atoms with Gasteiger partial charge in [-0.25, -0.2) is 0 Å². The topological polar surface area (TPSA) is 74.0 Å². The van der Waals surface area contributed by atoms with Gasteiger partial charge in [0.1, 0.15) is 11.5 Å². The molecule has 1 N–H and O–H groups in total. The summed E-state index contributed by atoms with van der Waals surface area (Å²) in [5.41, 5.74) is 3.45. The van der Waals surface area contributed by atoms with Crippen LogP contribution < -0.4 is 4.90 Å². The molecule has 1 aliphatic heterocycles. The number of ketones is 1. The molecular formula is C26H26N2O4. The number of likely N-dealkylation sites (tertiary alicyclic amines) is 1. The molecule has 0 radical (unpaired) electrons. The third-order valence-corrected chi connectivity index (χ3v) is 5.81. The molecule has 164 valence electrons. The molecule has 3 aromatic rings. The highest BCUT2D eigenvalue weighted by atomic mass is 16.3. The minimum Gasteiger partial charge on any atom is -0.507 e. The minimum absolute atomic E-state index is 0.0865. The Morgan fingerprint density at radius 2 is 1.72 bits per heavy atom. The predicted octanol–water partition coefficient (Wildman–Crippen LogP) is 4.53. The van der Waals surface area contributed by atoms with E-state index in [2.05, 4.69) is 0 Å². The number of rotatable bonds is 6. The predicted molar refractivity (Wildman–Crippen MR) is 123 cm³/mol. The van der Waals surface area contributed by atoms with Crippen molar-refractivity contribution in [1.29, 1.82) is 0 Å². The Labute approximate surface area is 187 Å². The fourth-order valence-corrected chi connectivity index (χ4v) is 3.97. The molecule has 0 aliphatic carbocycles. The van der Waals surface area contributed by atoms with Crippen molar-refractivity contribution in [1.82, 2.24) is 4.90 Å². The molecule has 0 spiro atoms. The first-order valence-electron chi connectivity index (χ1n) is 10.6. The number of nitrogens with zero attached hydrogens (tertiary/aromatic N) is 2. The second kappa shape index (κ2) is 8.75. The Morgan fingerprint density at radius 3 is 2.28 bits per heavy atom. The molecule has 1 saturated heterocycles. The lowest BCUT2D eigenvalue weighted by Crippen LogP contribution is -2.29. The van der Waals surface area contributed by atoms with Crippen LogP contribution in [0.25, 0.3) is 5.76 Å². The van der Waals surface area contributed by atoms with Crippen molar-refractivity contribution < 1.29 is 19.1 Å². The molecule has 1 aliphatic rings. The molecule has 1 fully saturated rings. The molecule has 0 saturated carbocycles. The third-order valence-electron chi connectivity index (χ3n) is 5.81. The van der Waals surface area contributed by atoms with E-state index in [1.54, 1.807) is 24.3 Å². The molecule has 32 heavy (non-hydrogen) atoms. The Morgan fingerprint density at radius 1 is 1.03 bits per heavy atom. The average Bonchev–Trinajstić information content (AvgIpc) is 3.41. The molecule has 4 rings (SSSR count). The van der Waals surface area contributed by atoms with Gasteiger partial charge in [-0.1, -0.05) is 43.3 Å². The van der Waals surface area contributed by atoms with E-state index in [1.165, 1.54) is 11.2 Å². The number of Topliss-reactive ketones (excluding diaryl/α,β-unsaturated/α-hetero) is 1. The van der Waals surface area contributed by atoms with Gasteiger partial charge in [-0.05, 0) is 41.8 Å². The second-order valence-electron chi connectivity index (χ2n) is 8.04. The van der Waals surface area contributed by atoms with Gasteiger partial charge in [0.15, 0.2) is 0 Å². The summed E-state index contributed by atoms with van der Waals surface area (Å²) in [5, 5.41) is 11.1. The zero-order valence-corrected chi connectivity index (χ0v) is 18.4. The summed E-state index contributed by atoms with van der Waals surface area (Å²) in [7, 11) is 3.88. The van der Waals surface area contributed by atoms with Crippen LogP contribution in [0.15, 0.2) is 76.9 Å². The van der Waals surface area contributed by atoms with Crippen LogP contribution in [0.4, 0.5) is 5.69 Å². The summed E-state index contributed by atoms with van der Waals surface area (Å²) in [5.74, 6) is -0.964. The first kappa shape index (κ1) is 21.4. The number of furan rings is 1. The molecule has 1 aromatic heterocycles. The Bertz CT molecular complexity index is 1140. The maximum Gasteiger partial charge on any atom is 0.296 e. The second-order valence-corrected chi connectivity index (χ2v) is 8.04. The van der Waals surface area contributed by atoms with E-state index in [9.17, 15) is 14.7 Å². The number of hydrogen-bond acceptors (Lipinski definition) is 5. The van der Waals surface area contributed by atoms with Crippen LogP contribution in [-0.4, -0.2) is 35.8 Å². The third kappa shape index (κ3) is 3.91. The van der Waals surface area contributed by atoms with Crippen molar-refractivity contribution in [2.45, 2.75) is 25.9 Å². The van der Waals surface area contributed by atoms with Gasteiger partial charge in [-0.3, -0.25) is 9.59 Å². The highest BCUT2D eigenvalue weighted by molar-refractivity contribution is 6.46. The van der Waals surface area contributed by atoms with Crippen LogP contribution in [-0.2, 0) is 22.6 Å².